The first-order valence-corrected chi connectivity index (χ1v) is 6.97. The molecule has 4 heteroatoms. The Labute approximate surface area is 114 Å². The molecule has 1 saturated carbocycles. The standard InChI is InChI=1S/C15H22N2O2/c1-10(11-5-3-2-4-6-11)17-14-8-7-12(16)9-13(14)15(18)19/h7-11,17H,2-6,16H2,1H3,(H,18,19). The average molecular weight is 262 g/mol. The van der Waals surface area contributed by atoms with Gasteiger partial charge < -0.3 is 16.2 Å². The normalized spacial score (nSPS) is 17.9. The van der Waals surface area contributed by atoms with Crippen LogP contribution in [0.5, 0.6) is 0 Å². The Bertz CT molecular complexity index is 453. The van der Waals surface area contributed by atoms with Crippen LogP contribution in [0.3, 0.4) is 0 Å². The highest BCUT2D eigenvalue weighted by molar-refractivity contribution is 5.95. The fourth-order valence-corrected chi connectivity index (χ4v) is 2.86. The van der Waals surface area contributed by atoms with Gasteiger partial charge in [0.15, 0.2) is 0 Å². The van der Waals surface area contributed by atoms with Crippen molar-refractivity contribution in [3.8, 4) is 0 Å². The number of aromatic carboxylic acids is 1. The highest BCUT2D eigenvalue weighted by atomic mass is 16.4. The fraction of sp³-hybridized carbons (Fsp3) is 0.533. The number of benzene rings is 1. The second-order valence-corrected chi connectivity index (χ2v) is 5.44. The molecule has 0 bridgehead atoms. The van der Waals surface area contributed by atoms with E-state index in [1.54, 1.807) is 12.1 Å². The zero-order valence-corrected chi connectivity index (χ0v) is 11.4. The molecule has 19 heavy (non-hydrogen) atoms. The van der Waals surface area contributed by atoms with Crippen molar-refractivity contribution >= 4 is 17.3 Å². The summed E-state index contributed by atoms with van der Waals surface area (Å²) in [5.74, 6) is -0.307. The summed E-state index contributed by atoms with van der Waals surface area (Å²) in [5.41, 5.74) is 7.05. The van der Waals surface area contributed by atoms with Crippen molar-refractivity contribution in [3.05, 3.63) is 23.8 Å². The van der Waals surface area contributed by atoms with Gasteiger partial charge in [-0.15, -0.1) is 0 Å². The van der Waals surface area contributed by atoms with Gasteiger partial charge in [-0.25, -0.2) is 4.79 Å². The minimum absolute atomic E-state index is 0.252. The Morgan fingerprint density at radius 3 is 2.68 bits per heavy atom. The molecule has 4 nitrogen and oxygen atoms in total. The Morgan fingerprint density at radius 2 is 2.05 bits per heavy atom. The monoisotopic (exact) mass is 262 g/mol. The molecule has 1 unspecified atom stereocenters. The third kappa shape index (κ3) is 3.40. The Morgan fingerprint density at radius 1 is 1.37 bits per heavy atom. The van der Waals surface area contributed by atoms with Gasteiger partial charge in [0, 0.05) is 17.4 Å². The van der Waals surface area contributed by atoms with Gasteiger partial charge in [-0.05, 0) is 43.9 Å². The van der Waals surface area contributed by atoms with E-state index in [2.05, 4.69) is 12.2 Å². The topological polar surface area (TPSA) is 75.3 Å². The van der Waals surface area contributed by atoms with E-state index < -0.39 is 5.97 Å². The number of nitrogen functional groups attached to an aromatic ring is 1. The van der Waals surface area contributed by atoms with Gasteiger partial charge in [0.05, 0.1) is 5.56 Å². The van der Waals surface area contributed by atoms with Crippen LogP contribution in [0.25, 0.3) is 0 Å². The molecule has 1 fully saturated rings. The Balaban J connectivity index is 2.11. The largest absolute Gasteiger partial charge is 0.478 e. The molecule has 0 heterocycles. The fourth-order valence-electron chi connectivity index (χ4n) is 2.86. The first-order valence-electron chi connectivity index (χ1n) is 6.97. The Kier molecular flexibility index (Phi) is 4.30. The van der Waals surface area contributed by atoms with Crippen LogP contribution in [-0.4, -0.2) is 17.1 Å². The number of rotatable bonds is 4. The zero-order chi connectivity index (χ0) is 13.8. The lowest BCUT2D eigenvalue weighted by atomic mass is 9.84. The zero-order valence-electron chi connectivity index (χ0n) is 11.4. The van der Waals surface area contributed by atoms with Gasteiger partial charge in [-0.3, -0.25) is 0 Å². The summed E-state index contributed by atoms with van der Waals surface area (Å²) < 4.78 is 0. The number of carbonyl (C=O) groups is 1. The molecule has 1 aliphatic rings. The lowest BCUT2D eigenvalue weighted by Gasteiger charge is -2.29. The maximum absolute atomic E-state index is 11.2. The van der Waals surface area contributed by atoms with E-state index in [-0.39, 0.29) is 5.56 Å². The molecule has 0 radical (unpaired) electrons. The van der Waals surface area contributed by atoms with E-state index in [0.717, 1.165) is 0 Å². The molecule has 4 N–H and O–H groups in total. The molecule has 1 atom stereocenters. The van der Waals surface area contributed by atoms with E-state index >= 15 is 0 Å². The van der Waals surface area contributed by atoms with Crippen molar-refractivity contribution in [1.82, 2.24) is 0 Å². The molecule has 1 aromatic carbocycles. The quantitative estimate of drug-likeness (QED) is 0.727. The van der Waals surface area contributed by atoms with Crippen LogP contribution in [0.2, 0.25) is 0 Å². The second-order valence-electron chi connectivity index (χ2n) is 5.44. The van der Waals surface area contributed by atoms with Crippen LogP contribution in [0.4, 0.5) is 11.4 Å². The van der Waals surface area contributed by atoms with Crippen molar-refractivity contribution in [1.29, 1.82) is 0 Å². The number of nitrogens with two attached hydrogens (primary N) is 1. The second kappa shape index (κ2) is 5.95. The maximum atomic E-state index is 11.2. The molecular weight excluding hydrogens is 240 g/mol. The van der Waals surface area contributed by atoms with Crippen LogP contribution in [0.15, 0.2) is 18.2 Å². The first kappa shape index (κ1) is 13.7. The van der Waals surface area contributed by atoms with E-state index in [9.17, 15) is 9.90 Å². The van der Waals surface area contributed by atoms with Crippen LogP contribution in [0, 0.1) is 5.92 Å². The predicted octanol–water partition coefficient (Wildman–Crippen LogP) is 3.35. The molecule has 104 valence electrons. The van der Waals surface area contributed by atoms with Crippen molar-refractivity contribution in [2.24, 2.45) is 5.92 Å². The summed E-state index contributed by atoms with van der Waals surface area (Å²) in [4.78, 5) is 11.2. The van der Waals surface area contributed by atoms with Gasteiger partial charge in [0.1, 0.15) is 0 Å². The summed E-state index contributed by atoms with van der Waals surface area (Å²) in [7, 11) is 0. The SMILES string of the molecule is CC(Nc1ccc(N)cc1C(=O)O)C1CCCCC1. The smallest absolute Gasteiger partial charge is 0.337 e. The number of anilines is 2. The van der Waals surface area contributed by atoms with Gasteiger partial charge in [0.2, 0.25) is 0 Å². The van der Waals surface area contributed by atoms with Gasteiger partial charge in [0.25, 0.3) is 0 Å². The minimum Gasteiger partial charge on any atom is -0.478 e. The molecule has 0 saturated heterocycles. The van der Waals surface area contributed by atoms with Gasteiger partial charge in [-0.1, -0.05) is 19.3 Å². The van der Waals surface area contributed by atoms with Crippen molar-refractivity contribution in [2.75, 3.05) is 11.1 Å². The third-order valence-electron chi connectivity index (χ3n) is 4.01. The number of hydrogen-bond donors (Lipinski definition) is 3. The summed E-state index contributed by atoms with van der Waals surface area (Å²) in [5, 5.41) is 12.6. The van der Waals surface area contributed by atoms with E-state index in [0.29, 0.717) is 23.3 Å². The summed E-state index contributed by atoms with van der Waals surface area (Å²) in [6.07, 6.45) is 6.34. The van der Waals surface area contributed by atoms with Crippen LogP contribution < -0.4 is 11.1 Å². The molecule has 1 aromatic rings. The number of hydrogen-bond acceptors (Lipinski definition) is 3. The van der Waals surface area contributed by atoms with Crippen LogP contribution in [0.1, 0.15) is 49.4 Å². The molecule has 1 aliphatic carbocycles. The summed E-state index contributed by atoms with van der Waals surface area (Å²) in [6.45, 7) is 2.14. The molecule has 2 rings (SSSR count). The van der Waals surface area contributed by atoms with Crippen LogP contribution in [-0.2, 0) is 0 Å². The number of carboxylic acid groups (broad SMARTS) is 1. The maximum Gasteiger partial charge on any atom is 0.337 e. The number of nitrogens with one attached hydrogen (secondary N) is 1. The van der Waals surface area contributed by atoms with Crippen LogP contribution >= 0.6 is 0 Å². The minimum atomic E-state index is -0.939. The Hall–Kier alpha value is -1.71. The third-order valence-corrected chi connectivity index (χ3v) is 4.01. The van der Waals surface area contributed by atoms with E-state index in [1.807, 2.05) is 0 Å². The molecular formula is C15H22N2O2. The number of carboxylic acids is 1. The summed E-state index contributed by atoms with van der Waals surface area (Å²) >= 11 is 0. The van der Waals surface area contributed by atoms with Gasteiger partial charge >= 0.3 is 5.97 Å². The lowest BCUT2D eigenvalue weighted by Crippen LogP contribution is -2.28. The molecule has 0 aliphatic heterocycles. The van der Waals surface area contributed by atoms with Gasteiger partial charge in [-0.2, -0.15) is 0 Å². The first-order chi connectivity index (χ1) is 9.08. The van der Waals surface area contributed by atoms with E-state index in [4.69, 9.17) is 5.73 Å². The van der Waals surface area contributed by atoms with E-state index in [1.165, 1.54) is 38.2 Å². The predicted molar refractivity (Wildman–Crippen MR) is 77.5 cm³/mol. The molecule has 0 amide bonds. The highest BCUT2D eigenvalue weighted by Gasteiger charge is 2.21. The molecule has 0 spiro atoms. The summed E-state index contributed by atoms with van der Waals surface area (Å²) in [6, 6.07) is 5.31. The van der Waals surface area contributed by atoms with Crippen molar-refractivity contribution in [3.63, 3.8) is 0 Å². The highest BCUT2D eigenvalue weighted by Crippen LogP contribution is 2.29. The van der Waals surface area contributed by atoms with Crippen molar-refractivity contribution in [2.45, 2.75) is 45.1 Å². The van der Waals surface area contributed by atoms with Crippen molar-refractivity contribution < 1.29 is 9.90 Å². The lowest BCUT2D eigenvalue weighted by molar-refractivity contribution is 0.0698. The molecule has 0 aromatic heterocycles. The average Bonchev–Trinajstić information content (AvgIpc) is 2.41.